The molecule has 26 heavy (non-hydrogen) atoms. The molecule has 1 aliphatic carbocycles. The molecule has 134 valence electrons. The van der Waals surface area contributed by atoms with E-state index < -0.39 is 0 Å². The Kier molecular flexibility index (Phi) is 4.32. The van der Waals surface area contributed by atoms with Gasteiger partial charge >= 0.3 is 0 Å². The Morgan fingerprint density at radius 1 is 1.12 bits per heavy atom. The van der Waals surface area contributed by atoms with E-state index in [1.54, 1.807) is 15.8 Å². The van der Waals surface area contributed by atoms with Crippen molar-refractivity contribution in [3.8, 4) is 11.1 Å². The van der Waals surface area contributed by atoms with Gasteiger partial charge in [0.15, 0.2) is 0 Å². The smallest absolute Gasteiger partial charge is 0.253 e. The number of nitrogens with zero attached hydrogens (tertiary/aromatic N) is 5. The van der Waals surface area contributed by atoms with Gasteiger partial charge in [-0.2, -0.15) is 10.2 Å². The first-order valence-electron chi connectivity index (χ1n) is 8.94. The molecule has 1 fully saturated rings. The predicted molar refractivity (Wildman–Crippen MR) is 99.4 cm³/mol. The van der Waals surface area contributed by atoms with Crippen LogP contribution in [0.5, 0.6) is 0 Å². The summed E-state index contributed by atoms with van der Waals surface area (Å²) < 4.78 is 3.76. The van der Waals surface area contributed by atoms with Crippen LogP contribution < -0.4 is 0 Å². The second-order valence-corrected chi connectivity index (χ2v) is 7.16. The first-order chi connectivity index (χ1) is 12.6. The number of aryl methyl sites for hydroxylation is 1. The van der Waals surface area contributed by atoms with Crippen molar-refractivity contribution in [1.29, 1.82) is 0 Å². The topological polar surface area (TPSA) is 56.0 Å². The summed E-state index contributed by atoms with van der Waals surface area (Å²) in [5.41, 5.74) is 3.88. The van der Waals surface area contributed by atoms with Gasteiger partial charge in [-0.3, -0.25) is 14.2 Å². The van der Waals surface area contributed by atoms with Gasteiger partial charge < -0.3 is 4.90 Å². The van der Waals surface area contributed by atoms with Gasteiger partial charge in [-0.25, -0.2) is 0 Å². The van der Waals surface area contributed by atoms with Crippen molar-refractivity contribution in [1.82, 2.24) is 24.5 Å². The molecule has 1 amide bonds. The fourth-order valence-electron chi connectivity index (χ4n) is 3.10. The van der Waals surface area contributed by atoms with Gasteiger partial charge in [0.05, 0.1) is 12.4 Å². The van der Waals surface area contributed by atoms with E-state index >= 15 is 0 Å². The Bertz CT molecular complexity index is 904. The quantitative estimate of drug-likeness (QED) is 0.687. The average molecular weight is 349 g/mol. The molecule has 0 spiro atoms. The number of aromatic nitrogens is 4. The van der Waals surface area contributed by atoms with Crippen molar-refractivity contribution >= 4 is 5.91 Å². The lowest BCUT2D eigenvalue weighted by molar-refractivity contribution is 0.0785. The Morgan fingerprint density at radius 2 is 1.88 bits per heavy atom. The highest BCUT2D eigenvalue weighted by molar-refractivity contribution is 5.94. The van der Waals surface area contributed by atoms with Crippen molar-refractivity contribution in [2.24, 2.45) is 13.0 Å². The third-order valence-electron chi connectivity index (χ3n) is 4.77. The fourth-order valence-corrected chi connectivity index (χ4v) is 3.10. The molecule has 4 rings (SSSR count). The van der Waals surface area contributed by atoms with Crippen LogP contribution in [0, 0.1) is 5.92 Å². The zero-order valence-electron chi connectivity index (χ0n) is 15.2. The Hall–Kier alpha value is -2.89. The fraction of sp³-hybridized carbons (Fsp3) is 0.350. The van der Waals surface area contributed by atoms with Crippen LogP contribution in [0.1, 0.15) is 28.8 Å². The maximum atomic E-state index is 12.6. The van der Waals surface area contributed by atoms with Gasteiger partial charge in [0.2, 0.25) is 0 Å². The standard InChI is InChI=1S/C20H23N5O/c1-23(11-16-9-21-24(2)12-16)20(26)18-7-5-17(6-8-18)19-10-22-25(14-19)13-15-3-4-15/h5-10,12,14-15H,3-4,11,13H2,1-2H3. The highest BCUT2D eigenvalue weighted by Gasteiger charge is 2.22. The summed E-state index contributed by atoms with van der Waals surface area (Å²) >= 11 is 0. The minimum Gasteiger partial charge on any atom is -0.337 e. The molecular formula is C20H23N5O. The first-order valence-corrected chi connectivity index (χ1v) is 8.94. The largest absolute Gasteiger partial charge is 0.337 e. The second kappa shape index (κ2) is 6.78. The molecule has 2 heterocycles. The number of carbonyl (C=O) groups excluding carboxylic acids is 1. The molecule has 0 bridgehead atoms. The van der Waals surface area contributed by atoms with Crippen LogP contribution in [0.15, 0.2) is 49.1 Å². The van der Waals surface area contributed by atoms with Crippen LogP contribution >= 0.6 is 0 Å². The molecule has 0 saturated heterocycles. The number of carbonyl (C=O) groups is 1. The van der Waals surface area contributed by atoms with Crippen LogP contribution in [0.4, 0.5) is 0 Å². The zero-order chi connectivity index (χ0) is 18.1. The molecule has 1 saturated carbocycles. The van der Waals surface area contributed by atoms with Gasteiger partial charge in [-0.05, 0) is 36.5 Å². The van der Waals surface area contributed by atoms with E-state index in [0.29, 0.717) is 12.1 Å². The molecule has 0 aliphatic heterocycles. The minimum absolute atomic E-state index is 0.00447. The second-order valence-electron chi connectivity index (χ2n) is 7.16. The van der Waals surface area contributed by atoms with Gasteiger partial charge in [-0.15, -0.1) is 0 Å². The summed E-state index contributed by atoms with van der Waals surface area (Å²) in [6, 6.07) is 7.75. The minimum atomic E-state index is 0.00447. The number of rotatable bonds is 6. The van der Waals surface area contributed by atoms with E-state index in [4.69, 9.17) is 0 Å². The molecule has 0 radical (unpaired) electrons. The highest BCUT2D eigenvalue weighted by atomic mass is 16.2. The highest BCUT2D eigenvalue weighted by Crippen LogP contribution is 2.31. The predicted octanol–water partition coefficient (Wildman–Crippen LogP) is 2.97. The summed E-state index contributed by atoms with van der Waals surface area (Å²) in [5, 5.41) is 8.58. The Balaban J connectivity index is 1.42. The van der Waals surface area contributed by atoms with Crippen molar-refractivity contribution in [2.45, 2.75) is 25.9 Å². The van der Waals surface area contributed by atoms with E-state index in [9.17, 15) is 4.79 Å². The third-order valence-corrected chi connectivity index (χ3v) is 4.77. The van der Waals surface area contributed by atoms with E-state index in [2.05, 4.69) is 16.4 Å². The van der Waals surface area contributed by atoms with Crippen molar-refractivity contribution in [3.63, 3.8) is 0 Å². The van der Waals surface area contributed by atoms with E-state index in [-0.39, 0.29) is 5.91 Å². The molecule has 3 aromatic rings. The van der Waals surface area contributed by atoms with Crippen LogP contribution in [-0.2, 0) is 20.1 Å². The molecule has 0 N–H and O–H groups in total. The molecule has 0 unspecified atom stereocenters. The summed E-state index contributed by atoms with van der Waals surface area (Å²) in [5.74, 6) is 0.808. The monoisotopic (exact) mass is 349 g/mol. The summed E-state index contributed by atoms with van der Waals surface area (Å²) in [7, 11) is 3.68. The lowest BCUT2D eigenvalue weighted by Crippen LogP contribution is -2.25. The summed E-state index contributed by atoms with van der Waals surface area (Å²) in [6.45, 7) is 1.55. The maximum Gasteiger partial charge on any atom is 0.253 e. The van der Waals surface area contributed by atoms with Crippen LogP contribution in [0.3, 0.4) is 0 Å². The van der Waals surface area contributed by atoms with Crippen LogP contribution in [0.25, 0.3) is 11.1 Å². The summed E-state index contributed by atoms with van der Waals surface area (Å²) in [4.78, 5) is 14.3. The van der Waals surface area contributed by atoms with Crippen LogP contribution in [-0.4, -0.2) is 37.4 Å². The van der Waals surface area contributed by atoms with Gasteiger partial charge in [0, 0.05) is 56.3 Å². The molecule has 6 nitrogen and oxygen atoms in total. The van der Waals surface area contributed by atoms with Crippen molar-refractivity contribution < 1.29 is 4.79 Å². The first kappa shape index (κ1) is 16.6. The van der Waals surface area contributed by atoms with Gasteiger partial charge in [0.25, 0.3) is 5.91 Å². The van der Waals surface area contributed by atoms with E-state index in [0.717, 1.165) is 29.2 Å². The molecular weight excluding hydrogens is 326 g/mol. The number of hydrogen-bond donors (Lipinski definition) is 0. The van der Waals surface area contributed by atoms with Gasteiger partial charge in [0.1, 0.15) is 0 Å². The molecule has 0 atom stereocenters. The van der Waals surface area contributed by atoms with Gasteiger partial charge in [-0.1, -0.05) is 12.1 Å². The number of hydrogen-bond acceptors (Lipinski definition) is 3. The lowest BCUT2D eigenvalue weighted by atomic mass is 10.1. The average Bonchev–Trinajstić information content (AvgIpc) is 3.17. The zero-order valence-corrected chi connectivity index (χ0v) is 15.2. The summed E-state index contributed by atoms with van der Waals surface area (Å²) in [6.07, 6.45) is 10.3. The normalized spacial score (nSPS) is 13.8. The molecule has 1 aliphatic rings. The van der Waals surface area contributed by atoms with Crippen molar-refractivity contribution in [3.05, 3.63) is 60.2 Å². The number of benzene rings is 1. The van der Waals surface area contributed by atoms with Crippen LogP contribution in [0.2, 0.25) is 0 Å². The molecule has 2 aromatic heterocycles. The maximum absolute atomic E-state index is 12.6. The number of amides is 1. The molecule has 6 heteroatoms. The SMILES string of the molecule is CN(Cc1cnn(C)c1)C(=O)c1ccc(-c2cnn(CC3CC3)c2)cc1. The Labute approximate surface area is 153 Å². The van der Waals surface area contributed by atoms with Crippen molar-refractivity contribution in [2.75, 3.05) is 7.05 Å². The van der Waals surface area contributed by atoms with E-state index in [1.807, 2.05) is 55.4 Å². The Morgan fingerprint density at radius 3 is 2.54 bits per heavy atom. The van der Waals surface area contributed by atoms with E-state index in [1.165, 1.54) is 12.8 Å². The molecule has 1 aromatic carbocycles. The lowest BCUT2D eigenvalue weighted by Gasteiger charge is -2.16. The third kappa shape index (κ3) is 3.69.